The molecular weight excluding hydrogens is 367 g/mol. The molecule has 1 aliphatic carbocycles. The van der Waals surface area contributed by atoms with E-state index in [0.29, 0.717) is 0 Å². The summed E-state index contributed by atoms with van der Waals surface area (Å²) in [5, 5.41) is -1.78. The Morgan fingerprint density at radius 1 is 1.11 bits per heavy atom. The van der Waals surface area contributed by atoms with Crippen molar-refractivity contribution >= 4 is 11.6 Å². The van der Waals surface area contributed by atoms with Crippen LogP contribution in [0.25, 0.3) is 0 Å². The van der Waals surface area contributed by atoms with Crippen LogP contribution in [0.5, 0.6) is 0 Å². The van der Waals surface area contributed by atoms with E-state index in [2.05, 4.69) is 61.4 Å². The van der Waals surface area contributed by atoms with Crippen molar-refractivity contribution in [2.24, 2.45) is 5.41 Å². The molecule has 0 aliphatic heterocycles. The molecule has 2 unspecified atom stereocenters. The molecule has 2 atom stereocenters. The Kier molecular flexibility index (Phi) is 6.42. The highest BCUT2D eigenvalue weighted by atomic mass is 35.5. The van der Waals surface area contributed by atoms with Crippen LogP contribution >= 0.6 is 11.6 Å². The summed E-state index contributed by atoms with van der Waals surface area (Å²) in [7, 11) is 0. The highest BCUT2D eigenvalue weighted by Gasteiger charge is 2.31. The lowest BCUT2D eigenvalue weighted by molar-refractivity contribution is 0.342. The molecular formula is C26H26ClF. The van der Waals surface area contributed by atoms with E-state index in [0.717, 1.165) is 31.3 Å². The van der Waals surface area contributed by atoms with Crippen molar-refractivity contribution in [3.05, 3.63) is 95.1 Å². The normalized spacial score (nSPS) is 20.9. The van der Waals surface area contributed by atoms with Gasteiger partial charge in [-0.3, -0.25) is 0 Å². The van der Waals surface area contributed by atoms with E-state index >= 15 is 0 Å². The fourth-order valence-electron chi connectivity index (χ4n) is 3.68. The molecule has 0 spiro atoms. The van der Waals surface area contributed by atoms with Crippen LogP contribution in [0, 0.1) is 17.8 Å². The predicted molar refractivity (Wildman–Crippen MR) is 117 cm³/mol. The summed E-state index contributed by atoms with van der Waals surface area (Å²) in [4.78, 5) is 0. The number of hydrogen-bond donors (Lipinski definition) is 0. The van der Waals surface area contributed by atoms with Crippen LogP contribution in [0.4, 0.5) is 4.39 Å². The topological polar surface area (TPSA) is 0 Å². The van der Waals surface area contributed by atoms with E-state index in [1.165, 1.54) is 22.8 Å². The second kappa shape index (κ2) is 8.80. The van der Waals surface area contributed by atoms with E-state index in [-0.39, 0.29) is 6.42 Å². The van der Waals surface area contributed by atoms with Crippen molar-refractivity contribution in [3.63, 3.8) is 0 Å². The molecule has 0 fully saturated rings. The fraction of sp³-hybridized carbons (Fsp3) is 0.308. The van der Waals surface area contributed by atoms with Gasteiger partial charge in [0.25, 0.3) is 0 Å². The van der Waals surface area contributed by atoms with E-state index in [9.17, 15) is 4.39 Å². The number of allylic oxidation sites excluding steroid dienone is 4. The third kappa shape index (κ3) is 5.37. The molecule has 0 bridgehead atoms. The van der Waals surface area contributed by atoms with Gasteiger partial charge in [0.05, 0.1) is 5.41 Å². The van der Waals surface area contributed by atoms with Crippen LogP contribution in [0.1, 0.15) is 42.9 Å². The number of hydrogen-bond acceptors (Lipinski definition) is 0. The zero-order chi connectivity index (χ0) is 20.0. The highest BCUT2D eigenvalue weighted by Crippen LogP contribution is 2.39. The van der Waals surface area contributed by atoms with Crippen molar-refractivity contribution in [2.75, 3.05) is 0 Å². The van der Waals surface area contributed by atoms with Gasteiger partial charge < -0.3 is 0 Å². The number of terminal acetylenes is 1. The molecule has 0 saturated carbocycles. The summed E-state index contributed by atoms with van der Waals surface area (Å²) >= 11 is 5.74. The zero-order valence-electron chi connectivity index (χ0n) is 16.3. The van der Waals surface area contributed by atoms with Crippen molar-refractivity contribution in [2.45, 2.75) is 44.2 Å². The maximum Gasteiger partial charge on any atom is 0.205 e. The Hall–Kier alpha value is -2.30. The maximum absolute atomic E-state index is 13.8. The molecule has 0 radical (unpaired) electrons. The summed E-state index contributed by atoms with van der Waals surface area (Å²) in [5.74, 6) is 2.92. The Balaban J connectivity index is 1.60. The Morgan fingerprint density at radius 3 is 2.50 bits per heavy atom. The van der Waals surface area contributed by atoms with Crippen molar-refractivity contribution < 1.29 is 4.39 Å². The molecule has 144 valence electrons. The molecule has 28 heavy (non-hydrogen) atoms. The summed E-state index contributed by atoms with van der Waals surface area (Å²) in [6.45, 7) is 2.05. The molecule has 1 aliphatic rings. The van der Waals surface area contributed by atoms with Gasteiger partial charge >= 0.3 is 0 Å². The van der Waals surface area contributed by atoms with Gasteiger partial charge in [0, 0.05) is 6.42 Å². The summed E-state index contributed by atoms with van der Waals surface area (Å²) in [6.07, 6.45) is 14.7. The van der Waals surface area contributed by atoms with Gasteiger partial charge in [-0.2, -0.15) is 0 Å². The third-order valence-electron chi connectivity index (χ3n) is 5.44. The van der Waals surface area contributed by atoms with Crippen LogP contribution in [0.3, 0.4) is 0 Å². The third-order valence-corrected chi connectivity index (χ3v) is 5.72. The minimum Gasteiger partial charge on any atom is -0.221 e. The van der Waals surface area contributed by atoms with Crippen LogP contribution in [0.15, 0.2) is 78.4 Å². The van der Waals surface area contributed by atoms with Crippen LogP contribution in [-0.4, -0.2) is 5.13 Å². The molecule has 0 nitrogen and oxygen atoms in total. The average molecular weight is 393 g/mol. The molecule has 0 N–H and O–H groups in total. The van der Waals surface area contributed by atoms with Crippen LogP contribution in [-0.2, 0) is 12.8 Å². The molecule has 0 aromatic heterocycles. The van der Waals surface area contributed by atoms with Gasteiger partial charge in [-0.25, -0.2) is 4.39 Å². The lowest BCUT2D eigenvalue weighted by Gasteiger charge is -2.29. The highest BCUT2D eigenvalue weighted by molar-refractivity contribution is 6.24. The van der Waals surface area contributed by atoms with Crippen molar-refractivity contribution in [1.82, 2.24) is 0 Å². The van der Waals surface area contributed by atoms with E-state index < -0.39 is 10.5 Å². The minimum atomic E-state index is -1.78. The van der Waals surface area contributed by atoms with Gasteiger partial charge in [-0.1, -0.05) is 84.3 Å². The molecule has 0 heterocycles. The van der Waals surface area contributed by atoms with Gasteiger partial charge in [0.2, 0.25) is 5.13 Å². The largest absolute Gasteiger partial charge is 0.221 e. The molecule has 2 aromatic carbocycles. The van der Waals surface area contributed by atoms with Gasteiger partial charge in [-0.05, 0) is 60.9 Å². The first-order valence-corrected chi connectivity index (χ1v) is 10.2. The first kappa shape index (κ1) is 20.4. The summed E-state index contributed by atoms with van der Waals surface area (Å²) in [5.41, 5.74) is 4.55. The van der Waals surface area contributed by atoms with Crippen molar-refractivity contribution in [1.29, 1.82) is 0 Å². The number of rotatable bonds is 7. The lowest BCUT2D eigenvalue weighted by atomic mass is 9.76. The number of aryl methyl sites for hydroxylation is 1. The second-order valence-corrected chi connectivity index (χ2v) is 8.40. The second-order valence-electron chi connectivity index (χ2n) is 7.77. The number of halogens is 2. The Labute approximate surface area is 173 Å². The smallest absolute Gasteiger partial charge is 0.205 e. The quantitative estimate of drug-likeness (QED) is 0.350. The van der Waals surface area contributed by atoms with E-state index in [1.54, 1.807) is 6.08 Å². The van der Waals surface area contributed by atoms with Crippen molar-refractivity contribution in [3.8, 4) is 12.3 Å². The van der Waals surface area contributed by atoms with Gasteiger partial charge in [0.15, 0.2) is 0 Å². The molecule has 2 aromatic rings. The SMILES string of the molecule is C#CC(C)(CCCc1cccc(Cc2ccccc2)c1)C1=CCC(F)(Cl)C=C1. The van der Waals surface area contributed by atoms with Crippen LogP contribution in [0.2, 0.25) is 0 Å². The zero-order valence-corrected chi connectivity index (χ0v) is 17.1. The minimum absolute atomic E-state index is 0.166. The summed E-state index contributed by atoms with van der Waals surface area (Å²) in [6, 6.07) is 19.3. The van der Waals surface area contributed by atoms with Gasteiger partial charge in [-0.15, -0.1) is 6.42 Å². The average Bonchev–Trinajstić information content (AvgIpc) is 2.69. The summed E-state index contributed by atoms with van der Waals surface area (Å²) < 4.78 is 13.8. The fourth-order valence-corrected chi connectivity index (χ4v) is 3.82. The van der Waals surface area contributed by atoms with E-state index in [4.69, 9.17) is 18.0 Å². The standard InChI is InChI=1S/C26H26ClF/c1-3-25(2,24-14-17-26(27,28)18-15-24)16-8-13-22-11-7-12-23(20-22)19-21-9-5-4-6-10-21/h1,4-7,9-12,14-15,17,20H,8,13,16,18-19H2,2H3. The molecule has 0 amide bonds. The van der Waals surface area contributed by atoms with Gasteiger partial charge in [0.1, 0.15) is 0 Å². The van der Waals surface area contributed by atoms with E-state index in [1.807, 2.05) is 12.1 Å². The van der Waals surface area contributed by atoms with Crippen LogP contribution < -0.4 is 0 Å². The Bertz CT molecular complexity index is 902. The monoisotopic (exact) mass is 392 g/mol. The maximum atomic E-state index is 13.8. The first-order chi connectivity index (χ1) is 13.4. The number of alkyl halides is 2. The molecule has 2 heteroatoms. The Morgan fingerprint density at radius 2 is 1.82 bits per heavy atom. The first-order valence-electron chi connectivity index (χ1n) is 9.77. The predicted octanol–water partition coefficient (Wildman–Crippen LogP) is 7.03. The lowest BCUT2D eigenvalue weighted by Crippen LogP contribution is -2.21. The number of benzene rings is 2. The molecule has 3 rings (SSSR count). The molecule has 0 saturated heterocycles.